The summed E-state index contributed by atoms with van der Waals surface area (Å²) >= 11 is 0. The summed E-state index contributed by atoms with van der Waals surface area (Å²) in [6.07, 6.45) is 0. The Balaban J connectivity index is 2.01. The maximum Gasteiger partial charge on any atom is 0.295 e. The van der Waals surface area contributed by atoms with Crippen LogP contribution in [0.15, 0.2) is 54.1 Å². The van der Waals surface area contributed by atoms with E-state index in [4.69, 9.17) is 19.3 Å². The first-order valence-electron chi connectivity index (χ1n) is 10.9. The Hall–Kier alpha value is -3.36. The molecule has 33 heavy (non-hydrogen) atoms. The molecule has 3 rings (SSSR count). The number of carbonyl (C=O) groups excluding carboxylic acids is 2. The van der Waals surface area contributed by atoms with Crippen molar-refractivity contribution in [2.24, 2.45) is 0 Å². The molecule has 0 spiro atoms. The van der Waals surface area contributed by atoms with Gasteiger partial charge in [-0.1, -0.05) is 12.1 Å². The standard InChI is InChI=1S/C25H29NO7/c1-3-32-19-9-5-17(6-10-19)22-21(23(28)18-7-11-20(12-8-18)33-4-2)24(29)25(30)26(22)13-15-31-16-14-27/h5-12,22,27-28H,3-4,13-16H2,1-2H3/b23-21+/t22-/m1/s1. The second-order valence-corrected chi connectivity index (χ2v) is 7.29. The van der Waals surface area contributed by atoms with Gasteiger partial charge >= 0.3 is 0 Å². The number of rotatable bonds is 11. The Kier molecular flexibility index (Phi) is 8.46. The number of benzene rings is 2. The van der Waals surface area contributed by atoms with Gasteiger partial charge in [0.2, 0.25) is 0 Å². The summed E-state index contributed by atoms with van der Waals surface area (Å²) in [5.41, 5.74) is 1.08. The molecule has 2 N–H and O–H groups in total. The van der Waals surface area contributed by atoms with Crippen LogP contribution in [0.4, 0.5) is 0 Å². The van der Waals surface area contributed by atoms with Gasteiger partial charge < -0.3 is 29.3 Å². The van der Waals surface area contributed by atoms with Crippen molar-refractivity contribution >= 4 is 17.4 Å². The van der Waals surface area contributed by atoms with Crippen molar-refractivity contribution in [2.45, 2.75) is 19.9 Å². The van der Waals surface area contributed by atoms with Gasteiger partial charge in [-0.05, 0) is 55.8 Å². The van der Waals surface area contributed by atoms with Crippen LogP contribution >= 0.6 is 0 Å². The van der Waals surface area contributed by atoms with Crippen molar-refractivity contribution < 1.29 is 34.0 Å². The van der Waals surface area contributed by atoms with Crippen molar-refractivity contribution in [3.63, 3.8) is 0 Å². The summed E-state index contributed by atoms with van der Waals surface area (Å²) in [6, 6.07) is 13.0. The molecule has 1 fully saturated rings. The predicted octanol–water partition coefficient (Wildman–Crippen LogP) is 2.91. The lowest BCUT2D eigenvalue weighted by molar-refractivity contribution is -0.140. The van der Waals surface area contributed by atoms with Crippen LogP contribution in [-0.2, 0) is 14.3 Å². The normalized spacial score (nSPS) is 17.4. The Morgan fingerprint density at radius 1 is 0.909 bits per heavy atom. The summed E-state index contributed by atoms with van der Waals surface area (Å²) in [6.45, 7) is 5.03. The summed E-state index contributed by atoms with van der Waals surface area (Å²) < 4.78 is 16.2. The fraction of sp³-hybridized carbons (Fsp3) is 0.360. The van der Waals surface area contributed by atoms with Crippen LogP contribution in [-0.4, -0.2) is 66.4 Å². The van der Waals surface area contributed by atoms with E-state index in [2.05, 4.69) is 0 Å². The average Bonchev–Trinajstić information content (AvgIpc) is 3.08. The molecule has 0 aliphatic carbocycles. The highest BCUT2D eigenvalue weighted by molar-refractivity contribution is 6.46. The number of Topliss-reactive ketones (excluding diaryl/α,β-unsaturated/α-hetero) is 1. The van der Waals surface area contributed by atoms with E-state index in [-0.39, 0.29) is 37.7 Å². The van der Waals surface area contributed by atoms with Crippen LogP contribution in [0.2, 0.25) is 0 Å². The lowest BCUT2D eigenvalue weighted by Crippen LogP contribution is -2.33. The summed E-state index contributed by atoms with van der Waals surface area (Å²) in [4.78, 5) is 27.3. The largest absolute Gasteiger partial charge is 0.507 e. The molecule has 0 radical (unpaired) electrons. The number of hydrogen-bond donors (Lipinski definition) is 2. The maximum absolute atomic E-state index is 13.0. The molecule has 1 atom stereocenters. The van der Waals surface area contributed by atoms with Crippen LogP contribution < -0.4 is 9.47 Å². The molecule has 1 aliphatic heterocycles. The van der Waals surface area contributed by atoms with Gasteiger partial charge in [0.25, 0.3) is 11.7 Å². The topological polar surface area (TPSA) is 106 Å². The number of hydrogen-bond acceptors (Lipinski definition) is 7. The van der Waals surface area contributed by atoms with Crippen molar-refractivity contribution in [3.8, 4) is 11.5 Å². The number of ether oxygens (including phenoxy) is 3. The minimum atomic E-state index is -0.787. The number of aliphatic hydroxyl groups excluding tert-OH is 2. The van der Waals surface area contributed by atoms with Gasteiger partial charge in [0.1, 0.15) is 17.3 Å². The van der Waals surface area contributed by atoms with E-state index >= 15 is 0 Å². The lowest BCUT2D eigenvalue weighted by atomic mass is 9.95. The Morgan fingerprint density at radius 2 is 1.48 bits per heavy atom. The highest BCUT2D eigenvalue weighted by Gasteiger charge is 2.45. The predicted molar refractivity (Wildman–Crippen MR) is 122 cm³/mol. The molecule has 2 aromatic carbocycles. The Labute approximate surface area is 193 Å². The smallest absolute Gasteiger partial charge is 0.295 e. The third-order valence-corrected chi connectivity index (χ3v) is 5.20. The van der Waals surface area contributed by atoms with Crippen molar-refractivity contribution in [1.29, 1.82) is 0 Å². The van der Waals surface area contributed by atoms with Gasteiger partial charge in [0.15, 0.2) is 0 Å². The zero-order valence-electron chi connectivity index (χ0n) is 18.8. The van der Waals surface area contributed by atoms with Gasteiger partial charge in [-0.3, -0.25) is 9.59 Å². The van der Waals surface area contributed by atoms with E-state index in [9.17, 15) is 14.7 Å². The molecular weight excluding hydrogens is 426 g/mol. The number of carbonyl (C=O) groups is 2. The highest BCUT2D eigenvalue weighted by atomic mass is 16.5. The quantitative estimate of drug-likeness (QED) is 0.232. The number of likely N-dealkylation sites (tertiary alicyclic amines) is 1. The molecule has 176 valence electrons. The molecule has 1 saturated heterocycles. The van der Waals surface area contributed by atoms with Crippen LogP contribution in [0.25, 0.3) is 5.76 Å². The number of amides is 1. The van der Waals surface area contributed by atoms with Gasteiger partial charge in [-0.2, -0.15) is 0 Å². The molecule has 1 aliphatic rings. The molecule has 0 bridgehead atoms. The van der Waals surface area contributed by atoms with Crippen molar-refractivity contribution in [1.82, 2.24) is 4.90 Å². The SMILES string of the molecule is CCOc1ccc(/C(O)=C2\C(=O)C(=O)N(CCOCCO)[C@@H]2c2ccc(OCC)cc2)cc1. The Bertz CT molecular complexity index is 983. The Morgan fingerprint density at radius 3 is 2.03 bits per heavy atom. The molecule has 1 heterocycles. The molecule has 0 saturated carbocycles. The zero-order chi connectivity index (χ0) is 23.8. The van der Waals surface area contributed by atoms with E-state index in [1.54, 1.807) is 48.5 Å². The first kappa shape index (κ1) is 24.3. The zero-order valence-corrected chi connectivity index (χ0v) is 18.8. The van der Waals surface area contributed by atoms with E-state index in [0.717, 1.165) is 0 Å². The minimum absolute atomic E-state index is 0.00970. The molecular formula is C25H29NO7. The van der Waals surface area contributed by atoms with Gasteiger partial charge in [-0.15, -0.1) is 0 Å². The number of aliphatic hydroxyl groups is 2. The second-order valence-electron chi connectivity index (χ2n) is 7.29. The molecule has 2 aromatic rings. The van der Waals surface area contributed by atoms with Crippen LogP contribution in [0.5, 0.6) is 11.5 Å². The third kappa shape index (κ3) is 5.53. The molecule has 8 nitrogen and oxygen atoms in total. The van der Waals surface area contributed by atoms with E-state index in [1.165, 1.54) is 4.90 Å². The van der Waals surface area contributed by atoms with E-state index in [1.807, 2.05) is 13.8 Å². The average molecular weight is 456 g/mol. The number of nitrogens with zero attached hydrogens (tertiary/aromatic N) is 1. The molecule has 8 heteroatoms. The first-order valence-corrected chi connectivity index (χ1v) is 10.9. The number of ketones is 1. The lowest BCUT2D eigenvalue weighted by Gasteiger charge is -2.25. The molecule has 0 aromatic heterocycles. The van der Waals surface area contributed by atoms with Crippen molar-refractivity contribution in [3.05, 3.63) is 65.2 Å². The molecule has 0 unspecified atom stereocenters. The van der Waals surface area contributed by atoms with Gasteiger partial charge in [0.05, 0.1) is 44.6 Å². The maximum atomic E-state index is 13.0. The fourth-order valence-electron chi connectivity index (χ4n) is 3.73. The summed E-state index contributed by atoms with van der Waals surface area (Å²) in [5.74, 6) is -0.431. The third-order valence-electron chi connectivity index (χ3n) is 5.20. The first-order chi connectivity index (χ1) is 16.0. The fourth-order valence-corrected chi connectivity index (χ4v) is 3.73. The molecule has 1 amide bonds. The monoisotopic (exact) mass is 455 g/mol. The highest BCUT2D eigenvalue weighted by Crippen LogP contribution is 2.39. The van der Waals surface area contributed by atoms with Crippen molar-refractivity contribution in [2.75, 3.05) is 39.6 Å². The van der Waals surface area contributed by atoms with Crippen LogP contribution in [0.1, 0.15) is 31.0 Å². The van der Waals surface area contributed by atoms with Crippen LogP contribution in [0, 0.1) is 0 Å². The van der Waals surface area contributed by atoms with Gasteiger partial charge in [-0.25, -0.2) is 0 Å². The van der Waals surface area contributed by atoms with E-state index < -0.39 is 17.7 Å². The summed E-state index contributed by atoms with van der Waals surface area (Å²) in [7, 11) is 0. The van der Waals surface area contributed by atoms with Gasteiger partial charge in [0, 0.05) is 12.1 Å². The summed E-state index contributed by atoms with van der Waals surface area (Å²) in [5, 5.41) is 20.0. The van der Waals surface area contributed by atoms with E-state index in [0.29, 0.717) is 35.8 Å². The minimum Gasteiger partial charge on any atom is -0.507 e. The van der Waals surface area contributed by atoms with Crippen LogP contribution in [0.3, 0.4) is 0 Å². The second kappa shape index (κ2) is 11.5.